The minimum atomic E-state index is -3.15. The van der Waals surface area contributed by atoms with Gasteiger partial charge in [-0.1, -0.05) is 145 Å². The highest BCUT2D eigenvalue weighted by atomic mass is 32.1. The van der Waals surface area contributed by atoms with Gasteiger partial charge in [0.15, 0.2) is 0 Å². The number of hydrogen-bond acceptors (Lipinski definition) is 3. The molecular formula is C71H42N6S2. The topological polar surface area (TPSA) is 47.9 Å². The molecule has 0 unspecified atom stereocenters. The number of hydrogen-bond donors (Lipinski definition) is 0. The zero-order chi connectivity index (χ0) is 62.9. The summed E-state index contributed by atoms with van der Waals surface area (Å²) in [6.07, 6.45) is 0. The zero-order valence-electron chi connectivity index (χ0n) is 53.9. The molecule has 6 heterocycles. The molecule has 0 saturated carbocycles. The molecule has 17 aromatic rings. The summed E-state index contributed by atoms with van der Waals surface area (Å²) in [5.74, 6) is 0. The smallest absolute Gasteiger partial charge is 0.237 e. The summed E-state index contributed by atoms with van der Waals surface area (Å²) in [4.78, 5) is 4.67. The average molecular weight is 1060 g/mol. The predicted molar refractivity (Wildman–Crippen MR) is 335 cm³/mol. The minimum Gasteiger partial charge on any atom is -0.317 e. The molecule has 17 rings (SSSR count). The first-order valence-corrected chi connectivity index (χ1v) is 27.3. The van der Waals surface area contributed by atoms with Crippen LogP contribution in [0.4, 0.5) is 5.69 Å². The number of thiophene rings is 2. The Kier molecular flexibility index (Phi) is 6.89. The summed E-state index contributed by atoms with van der Waals surface area (Å²) in [5, 5.41) is 19.5. The summed E-state index contributed by atoms with van der Waals surface area (Å²) in [6.45, 7) is 11.0. The van der Waals surface area contributed by atoms with Crippen LogP contribution in [0.1, 0.15) is 38.7 Å². The maximum atomic E-state index is 13.0. The van der Waals surface area contributed by atoms with Crippen molar-refractivity contribution in [3.8, 4) is 28.8 Å². The van der Waals surface area contributed by atoms with Crippen LogP contribution in [0, 0.1) is 38.6 Å². The molecule has 368 valence electrons. The van der Waals surface area contributed by atoms with Crippen molar-refractivity contribution in [3.63, 3.8) is 0 Å². The molecule has 0 aliphatic heterocycles. The fourth-order valence-corrected chi connectivity index (χ4v) is 15.1. The van der Waals surface area contributed by atoms with E-state index in [2.05, 4.69) is 65.7 Å². The minimum absolute atomic E-state index is 0.0300. The van der Waals surface area contributed by atoms with Crippen LogP contribution >= 0.6 is 22.7 Å². The highest BCUT2D eigenvalue weighted by Gasteiger charge is 2.35. The Bertz CT molecular complexity index is 6120. The molecule has 11 aromatic carbocycles. The highest BCUT2D eigenvalue weighted by molar-refractivity contribution is 7.27. The number of para-hydroxylation sites is 4. The van der Waals surface area contributed by atoms with Gasteiger partial charge in [0.1, 0.15) is 6.07 Å². The molecule has 0 bridgehead atoms. The van der Waals surface area contributed by atoms with Gasteiger partial charge in [-0.05, 0) is 92.4 Å². The second-order valence-electron chi connectivity index (χ2n) is 20.1. The number of benzene rings is 11. The van der Waals surface area contributed by atoms with Gasteiger partial charge in [-0.25, -0.2) is 4.85 Å². The summed E-state index contributed by atoms with van der Waals surface area (Å²) in [5.41, 5.74) is 5.56. The fourth-order valence-electron chi connectivity index (χ4n) is 12.7. The number of nitrogens with zero attached hydrogens (tertiary/aromatic N) is 6. The van der Waals surface area contributed by atoms with Gasteiger partial charge in [-0.3, -0.25) is 0 Å². The molecule has 8 heteroatoms. The van der Waals surface area contributed by atoms with Gasteiger partial charge >= 0.3 is 0 Å². The van der Waals surface area contributed by atoms with Gasteiger partial charge in [0.25, 0.3) is 0 Å². The van der Waals surface area contributed by atoms with Gasteiger partial charge in [0, 0.05) is 78.1 Å². The van der Waals surface area contributed by atoms with Gasteiger partial charge in [-0.15, -0.1) is 22.7 Å². The average Bonchev–Trinajstić information content (AvgIpc) is 1.54. The summed E-state index contributed by atoms with van der Waals surface area (Å²) < 4.78 is 122. The number of aromatic nitrogens is 4. The number of aryl methyl sites for hydroxylation is 2. The molecule has 0 aliphatic carbocycles. The van der Waals surface area contributed by atoms with E-state index < -0.39 is 66.8 Å². The first-order valence-electron chi connectivity index (χ1n) is 31.6. The lowest BCUT2D eigenvalue weighted by Crippen LogP contribution is -2.14. The summed E-state index contributed by atoms with van der Waals surface area (Å²) in [6, 6.07) is 45.6. The third-order valence-electron chi connectivity index (χ3n) is 16.1. The van der Waals surface area contributed by atoms with Crippen molar-refractivity contribution in [2.45, 2.75) is 20.7 Å². The molecule has 79 heavy (non-hydrogen) atoms. The van der Waals surface area contributed by atoms with Crippen LogP contribution in [0.15, 0.2) is 200 Å². The molecule has 0 saturated heterocycles. The molecule has 0 aliphatic rings. The second kappa shape index (κ2) is 16.0. The Hall–Kier alpha value is -9.96. The quantitative estimate of drug-likeness (QED) is 0.162. The third-order valence-corrected chi connectivity index (χ3v) is 18.4. The molecule has 0 amide bonds. The maximum Gasteiger partial charge on any atom is 0.237 e. The largest absolute Gasteiger partial charge is 0.317 e. The van der Waals surface area contributed by atoms with E-state index >= 15 is 0 Å². The van der Waals surface area contributed by atoms with Crippen LogP contribution in [-0.2, 0) is 0 Å². The zero-order valence-corrected chi connectivity index (χ0v) is 43.5. The lowest BCUT2D eigenvalue weighted by molar-refractivity contribution is 1.03. The summed E-state index contributed by atoms with van der Waals surface area (Å²) in [7, 11) is 0. The Labute approximate surface area is 476 Å². The Morgan fingerprint density at radius 2 is 1.01 bits per heavy atom. The highest BCUT2D eigenvalue weighted by Crippen LogP contribution is 2.54. The third kappa shape index (κ3) is 5.76. The van der Waals surface area contributed by atoms with E-state index in [0.717, 1.165) is 86.0 Å². The Balaban J connectivity index is 1.25. The van der Waals surface area contributed by atoms with Crippen molar-refractivity contribution in [1.82, 2.24) is 18.3 Å². The van der Waals surface area contributed by atoms with Gasteiger partial charge < -0.3 is 18.3 Å². The lowest BCUT2D eigenvalue weighted by Gasteiger charge is -2.27. The number of rotatable bonds is 4. The molecule has 0 radical (unpaired) electrons. The van der Waals surface area contributed by atoms with Gasteiger partial charge in [0.05, 0.1) is 101 Å². The van der Waals surface area contributed by atoms with Crippen molar-refractivity contribution in [3.05, 3.63) is 234 Å². The Morgan fingerprint density at radius 1 is 0.456 bits per heavy atom. The van der Waals surface area contributed by atoms with E-state index in [0.29, 0.717) is 27.8 Å². The summed E-state index contributed by atoms with van der Waals surface area (Å²) >= 11 is 2.52. The van der Waals surface area contributed by atoms with Crippen LogP contribution in [0.5, 0.6) is 0 Å². The van der Waals surface area contributed by atoms with Crippen molar-refractivity contribution >= 4 is 156 Å². The van der Waals surface area contributed by atoms with Crippen molar-refractivity contribution < 1.29 is 16.4 Å². The number of nitriles is 1. The van der Waals surface area contributed by atoms with Crippen LogP contribution in [0.25, 0.3) is 155 Å². The molecule has 6 aromatic heterocycles. The van der Waals surface area contributed by atoms with Gasteiger partial charge in [0.2, 0.25) is 5.69 Å². The van der Waals surface area contributed by atoms with Gasteiger partial charge in [-0.2, -0.15) is 5.26 Å². The van der Waals surface area contributed by atoms with Crippen LogP contribution in [0.2, 0.25) is 0 Å². The van der Waals surface area contributed by atoms with E-state index in [9.17, 15) is 21.4 Å². The number of fused-ring (bicyclic) bond motifs is 20. The maximum absolute atomic E-state index is 13.0. The molecular weight excluding hydrogens is 1000 g/mol. The van der Waals surface area contributed by atoms with Crippen molar-refractivity contribution in [2.75, 3.05) is 0 Å². The lowest BCUT2D eigenvalue weighted by atomic mass is 10.0. The monoisotopic (exact) mass is 1050 g/mol. The fraction of sp³-hybridized carbons (Fsp3) is 0.0423. The molecule has 0 spiro atoms. The molecule has 0 fully saturated rings. The molecule has 0 atom stereocenters. The van der Waals surface area contributed by atoms with Crippen molar-refractivity contribution in [1.29, 1.82) is 5.26 Å². The van der Waals surface area contributed by atoms with Crippen molar-refractivity contribution in [2.24, 2.45) is 0 Å². The molecule has 0 N–H and O–H groups in total. The molecule has 6 nitrogen and oxygen atoms in total. The van der Waals surface area contributed by atoms with Crippen LogP contribution < -0.4 is 0 Å². The first-order chi connectivity index (χ1) is 43.9. The van der Waals surface area contributed by atoms with E-state index in [1.54, 1.807) is 11.3 Å². The predicted octanol–water partition coefficient (Wildman–Crippen LogP) is 20.2. The SMILES string of the molecule is [2H]c1c([2H])c([2H])c2c(sc3c2c([2H])c([2H])c2c4c([2H])c(C([2H])([2H])[2H])c([2H])c([2H])c4n(-c4c(C#N)c(-n5c6ccccc6c6ccccc65)c(-n5c6cc(C)c(C)cc6c6ccc7c8ccccc8sc7c65)c(-n5c6ccccc6c6ccccc65)c4[N+]#[C-])c32)c1[2H]. The van der Waals surface area contributed by atoms with E-state index in [1.165, 1.54) is 4.57 Å². The van der Waals surface area contributed by atoms with Crippen LogP contribution in [-0.4, -0.2) is 18.3 Å². The first kappa shape index (κ1) is 33.9. The van der Waals surface area contributed by atoms with E-state index in [1.807, 2.05) is 118 Å². The normalized spacial score (nSPS) is 14.5. The standard InChI is InChI=1S/C71H42N6S2/c1-39-29-34-59-52(35-39)48-30-32-50-46-21-9-15-27-61(46)78-70(50)66(48)76(59)64-54(38-72)65(74-55-23-11-5-17-42(55)43-18-6-12-24-56(43)74)69(68(63(64)73-4)75-57-25-13-7-19-44(57)45-20-8-14-26-58(45)75)77-60-37-41(3)40(2)36-53(60)49-31-33-51-47-22-10-16-28-62(47)79-71(51)67(49)77/h5-37H,1-3H3/i1D3,9D,15D,21D,27D,29D,30D,32D,34D,35D. The van der Waals surface area contributed by atoms with Crippen LogP contribution in [0.3, 0.4) is 0 Å². The second-order valence-corrected chi connectivity index (χ2v) is 22.2. The van der Waals surface area contributed by atoms with E-state index in [-0.39, 0.29) is 70.3 Å². The Morgan fingerprint density at radius 3 is 1.68 bits per heavy atom. The van der Waals surface area contributed by atoms with E-state index in [4.69, 9.17) is 6.85 Å².